The average Bonchev–Trinajstić information content (AvgIpc) is 2.41. The molecule has 2 rings (SSSR count). The molecule has 0 unspecified atom stereocenters. The van der Waals surface area contributed by atoms with E-state index in [1.165, 1.54) is 24.3 Å². The van der Waals surface area contributed by atoms with Gasteiger partial charge in [0.05, 0.1) is 15.5 Å². The Hall–Kier alpha value is -2.32. The lowest BCUT2D eigenvalue weighted by molar-refractivity contribution is -0.384. The fourth-order valence-electron chi connectivity index (χ4n) is 1.49. The van der Waals surface area contributed by atoms with Gasteiger partial charge in [0.2, 0.25) is 0 Å². The molecule has 0 spiro atoms. The average molecular weight is 327 g/mol. The van der Waals surface area contributed by atoms with E-state index in [1.807, 2.05) is 0 Å². The van der Waals surface area contributed by atoms with Crippen LogP contribution in [0.2, 0.25) is 5.02 Å². The van der Waals surface area contributed by atoms with E-state index in [9.17, 15) is 23.3 Å². The number of carbonyl (C=O) groups is 1. The normalized spacial score (nSPS) is 14.3. The van der Waals surface area contributed by atoms with Gasteiger partial charge in [0, 0.05) is 6.07 Å². The van der Waals surface area contributed by atoms with Crippen LogP contribution in [0.1, 0.15) is 0 Å². The Morgan fingerprint density at radius 1 is 1.14 bits per heavy atom. The molecule has 0 amide bonds. The number of hydrogen-bond donors (Lipinski definition) is 0. The van der Waals surface area contributed by atoms with Gasteiger partial charge in [-0.15, -0.1) is 0 Å². The molecule has 0 saturated heterocycles. The molecule has 1 aromatic rings. The van der Waals surface area contributed by atoms with Crippen LogP contribution in [0.25, 0.3) is 0 Å². The van der Waals surface area contributed by atoms with Crippen molar-refractivity contribution in [3.63, 3.8) is 0 Å². The Morgan fingerprint density at radius 3 is 2.33 bits per heavy atom. The topological polar surface area (TPSA) is 107 Å². The molecule has 0 bridgehead atoms. The molecule has 0 aromatic heterocycles. The second-order valence-electron chi connectivity index (χ2n) is 3.93. The molecule has 1 aliphatic carbocycles. The summed E-state index contributed by atoms with van der Waals surface area (Å²) in [5, 5.41) is 10.6. The molecular formula is C12H7ClN2O5S. The maximum atomic E-state index is 12.1. The van der Waals surface area contributed by atoms with Crippen LogP contribution in [0.15, 0.2) is 51.8 Å². The molecule has 0 aliphatic heterocycles. The standard InChI is InChI=1S/C12H7ClN2O5S/c13-11-6-5-10(7-12(11)15(17)18)21(19,20)14-8-1-3-9(16)4-2-8/h1-7H. The van der Waals surface area contributed by atoms with Crippen LogP contribution in [0.3, 0.4) is 0 Å². The summed E-state index contributed by atoms with van der Waals surface area (Å²) in [7, 11) is -4.14. The number of nitrogens with zero attached hydrogens (tertiary/aromatic N) is 2. The molecule has 9 heteroatoms. The maximum absolute atomic E-state index is 12.1. The predicted octanol–water partition coefficient (Wildman–Crippen LogP) is 2.07. The molecule has 0 radical (unpaired) electrons. The lowest BCUT2D eigenvalue weighted by Crippen LogP contribution is -2.05. The molecule has 7 nitrogen and oxygen atoms in total. The predicted molar refractivity (Wildman–Crippen MR) is 76.0 cm³/mol. The highest BCUT2D eigenvalue weighted by molar-refractivity contribution is 7.90. The van der Waals surface area contributed by atoms with Crippen LogP contribution in [-0.4, -0.2) is 24.8 Å². The van der Waals surface area contributed by atoms with Crippen molar-refractivity contribution in [1.29, 1.82) is 0 Å². The Labute approximate surface area is 124 Å². The zero-order chi connectivity index (χ0) is 15.6. The van der Waals surface area contributed by atoms with E-state index in [0.29, 0.717) is 0 Å². The van der Waals surface area contributed by atoms with Crippen LogP contribution in [-0.2, 0) is 14.8 Å². The van der Waals surface area contributed by atoms with Crippen molar-refractivity contribution in [1.82, 2.24) is 0 Å². The lowest BCUT2D eigenvalue weighted by Gasteiger charge is -2.02. The minimum absolute atomic E-state index is 0.0483. The highest BCUT2D eigenvalue weighted by atomic mass is 35.5. The van der Waals surface area contributed by atoms with Crippen molar-refractivity contribution in [3.05, 3.63) is 57.6 Å². The van der Waals surface area contributed by atoms with Crippen LogP contribution in [0.4, 0.5) is 5.69 Å². The van der Waals surface area contributed by atoms with Crippen LogP contribution >= 0.6 is 11.6 Å². The largest absolute Gasteiger partial charge is 0.290 e. The Kier molecular flexibility index (Phi) is 4.01. The van der Waals surface area contributed by atoms with Gasteiger partial charge >= 0.3 is 0 Å². The molecule has 0 saturated carbocycles. The van der Waals surface area contributed by atoms with Gasteiger partial charge in [0.1, 0.15) is 5.02 Å². The van der Waals surface area contributed by atoms with Crippen molar-refractivity contribution < 1.29 is 18.1 Å². The third-order valence-electron chi connectivity index (χ3n) is 2.47. The van der Waals surface area contributed by atoms with E-state index in [-0.39, 0.29) is 21.4 Å². The highest BCUT2D eigenvalue weighted by Crippen LogP contribution is 2.27. The Bertz CT molecular complexity index is 806. The number of hydrogen-bond acceptors (Lipinski definition) is 5. The van der Waals surface area contributed by atoms with E-state index < -0.39 is 20.6 Å². The van der Waals surface area contributed by atoms with Gasteiger partial charge in [-0.1, -0.05) is 11.6 Å². The molecule has 0 heterocycles. The van der Waals surface area contributed by atoms with Crippen LogP contribution < -0.4 is 0 Å². The molecule has 1 aliphatic rings. The third kappa shape index (κ3) is 3.41. The fourth-order valence-corrected chi connectivity index (χ4v) is 2.68. The number of ketones is 1. The first-order chi connectivity index (χ1) is 9.79. The van der Waals surface area contributed by atoms with Crippen LogP contribution in [0.5, 0.6) is 0 Å². The number of nitro benzene ring substituents is 1. The molecule has 0 N–H and O–H groups in total. The molecule has 21 heavy (non-hydrogen) atoms. The van der Waals surface area contributed by atoms with E-state index in [4.69, 9.17) is 11.6 Å². The minimum Gasteiger partial charge on any atom is -0.290 e. The first-order valence-electron chi connectivity index (χ1n) is 5.48. The minimum atomic E-state index is -4.14. The summed E-state index contributed by atoms with van der Waals surface area (Å²) in [5.74, 6) is -0.284. The van der Waals surface area contributed by atoms with E-state index in [2.05, 4.69) is 4.40 Å². The molecule has 1 aromatic carbocycles. The number of benzene rings is 1. The van der Waals surface area contributed by atoms with Gasteiger partial charge in [0.25, 0.3) is 15.7 Å². The summed E-state index contributed by atoms with van der Waals surface area (Å²) in [6.07, 6.45) is 4.81. The third-order valence-corrected chi connectivity index (χ3v) is 4.09. The number of halogens is 1. The number of nitro groups is 1. The SMILES string of the molecule is O=C1C=CC(=NS(=O)(=O)c2ccc(Cl)c([N+](=O)[O-])c2)C=C1. The maximum Gasteiger partial charge on any atom is 0.289 e. The second kappa shape index (κ2) is 5.58. The first-order valence-corrected chi connectivity index (χ1v) is 7.30. The fraction of sp³-hybridized carbons (Fsp3) is 0. The van der Waals surface area contributed by atoms with Crippen molar-refractivity contribution in [3.8, 4) is 0 Å². The Morgan fingerprint density at radius 2 is 1.76 bits per heavy atom. The number of carbonyl (C=O) groups excluding carboxylic acids is 1. The summed E-state index contributed by atoms with van der Waals surface area (Å²) in [4.78, 5) is 20.6. The monoisotopic (exact) mass is 326 g/mol. The summed E-state index contributed by atoms with van der Waals surface area (Å²) in [5.41, 5.74) is -0.477. The van der Waals surface area contributed by atoms with Gasteiger partial charge in [0.15, 0.2) is 5.78 Å². The second-order valence-corrected chi connectivity index (χ2v) is 5.94. The first kappa shape index (κ1) is 15.1. The van der Waals surface area contributed by atoms with Gasteiger partial charge in [-0.05, 0) is 36.4 Å². The zero-order valence-corrected chi connectivity index (χ0v) is 11.8. The molecule has 0 fully saturated rings. The van der Waals surface area contributed by atoms with Crippen molar-refractivity contribution in [2.75, 3.05) is 0 Å². The quantitative estimate of drug-likeness (QED) is 0.480. The lowest BCUT2D eigenvalue weighted by atomic mass is 10.2. The number of rotatable bonds is 3. The molecular weight excluding hydrogens is 320 g/mol. The van der Waals surface area contributed by atoms with Crippen molar-refractivity contribution in [2.45, 2.75) is 4.90 Å². The number of sulfonamides is 1. The number of allylic oxidation sites excluding steroid dienone is 4. The summed E-state index contributed by atoms with van der Waals surface area (Å²) >= 11 is 5.62. The van der Waals surface area contributed by atoms with Gasteiger partial charge in [-0.2, -0.15) is 12.8 Å². The summed E-state index contributed by atoms with van der Waals surface area (Å²) < 4.78 is 27.6. The van der Waals surface area contributed by atoms with Crippen molar-refractivity contribution in [2.24, 2.45) is 4.40 Å². The molecule has 108 valence electrons. The van der Waals surface area contributed by atoms with Crippen molar-refractivity contribution >= 4 is 38.8 Å². The zero-order valence-electron chi connectivity index (χ0n) is 10.3. The van der Waals surface area contributed by atoms with E-state index in [0.717, 1.165) is 18.2 Å². The molecule has 0 atom stereocenters. The van der Waals surface area contributed by atoms with Gasteiger partial charge in [-0.25, -0.2) is 0 Å². The van der Waals surface area contributed by atoms with E-state index >= 15 is 0 Å². The highest BCUT2D eigenvalue weighted by Gasteiger charge is 2.20. The Balaban J connectivity index is 2.46. The van der Waals surface area contributed by atoms with E-state index in [1.54, 1.807) is 0 Å². The van der Waals surface area contributed by atoms with Gasteiger partial charge < -0.3 is 0 Å². The van der Waals surface area contributed by atoms with Crippen LogP contribution in [0, 0.1) is 10.1 Å². The smallest absolute Gasteiger partial charge is 0.289 e. The summed E-state index contributed by atoms with van der Waals surface area (Å²) in [6, 6.07) is 3.07. The van der Waals surface area contributed by atoms with Gasteiger partial charge in [-0.3, -0.25) is 14.9 Å². The summed E-state index contributed by atoms with van der Waals surface area (Å²) in [6.45, 7) is 0.